The van der Waals surface area contributed by atoms with Crippen molar-refractivity contribution in [2.75, 3.05) is 6.61 Å². The Kier molecular flexibility index (Phi) is 2.57. The van der Waals surface area contributed by atoms with Crippen LogP contribution >= 0.6 is 0 Å². The van der Waals surface area contributed by atoms with Gasteiger partial charge in [0.05, 0.1) is 12.0 Å². The van der Waals surface area contributed by atoms with E-state index in [1.807, 2.05) is 0 Å². The van der Waals surface area contributed by atoms with Gasteiger partial charge in [-0.3, -0.25) is 0 Å². The van der Waals surface area contributed by atoms with Crippen LogP contribution in [0.15, 0.2) is 0 Å². The van der Waals surface area contributed by atoms with E-state index in [1.165, 1.54) is 12.8 Å². The molecule has 0 aromatic carbocycles. The first-order valence-electron chi connectivity index (χ1n) is 4.31. The summed E-state index contributed by atoms with van der Waals surface area (Å²) in [5.41, 5.74) is -0.183. The van der Waals surface area contributed by atoms with Gasteiger partial charge in [0.1, 0.15) is 0 Å². The van der Waals surface area contributed by atoms with Gasteiger partial charge in [0.25, 0.3) is 0 Å². The van der Waals surface area contributed by atoms with E-state index in [1.54, 1.807) is 0 Å². The fourth-order valence-electron chi connectivity index (χ4n) is 1.98. The molecule has 0 bridgehead atoms. The molecule has 0 radical (unpaired) electrons. The first-order chi connectivity index (χ1) is 5.22. The lowest BCUT2D eigenvalue weighted by atomic mass is 9.71. The highest BCUT2D eigenvalue weighted by Crippen LogP contribution is 2.38. The van der Waals surface area contributed by atoms with Gasteiger partial charge in [-0.1, -0.05) is 25.7 Å². The minimum Gasteiger partial charge on any atom is -0.395 e. The molecule has 11 heavy (non-hydrogen) atoms. The summed E-state index contributed by atoms with van der Waals surface area (Å²) in [5.74, 6) is 3.43. The third-order valence-electron chi connectivity index (χ3n) is 2.70. The number of aliphatic hydroxyl groups excluding tert-OH is 1. The minimum absolute atomic E-state index is 0.161. The highest BCUT2D eigenvalue weighted by Gasteiger charge is 2.32. The highest BCUT2D eigenvalue weighted by molar-refractivity contribution is 5.07. The Labute approximate surface area is 68.8 Å². The van der Waals surface area contributed by atoms with Crippen LogP contribution in [-0.4, -0.2) is 11.7 Å². The molecule has 1 saturated carbocycles. The Morgan fingerprint density at radius 3 is 2.82 bits per heavy atom. The second-order valence-electron chi connectivity index (χ2n) is 3.78. The predicted molar refractivity (Wildman–Crippen MR) is 46.0 cm³/mol. The van der Waals surface area contributed by atoms with Crippen LogP contribution in [0.4, 0.5) is 0 Å². The summed E-state index contributed by atoms with van der Waals surface area (Å²) < 4.78 is 0. The van der Waals surface area contributed by atoms with Crippen molar-refractivity contribution in [3.05, 3.63) is 0 Å². The largest absolute Gasteiger partial charge is 0.395 e. The van der Waals surface area contributed by atoms with E-state index in [-0.39, 0.29) is 12.0 Å². The van der Waals surface area contributed by atoms with Gasteiger partial charge in [-0.25, -0.2) is 0 Å². The third kappa shape index (κ3) is 1.75. The van der Waals surface area contributed by atoms with E-state index in [0.717, 1.165) is 12.8 Å². The van der Waals surface area contributed by atoms with Crippen molar-refractivity contribution >= 4 is 0 Å². The maximum Gasteiger partial charge on any atom is 0.0597 e. The average molecular weight is 152 g/mol. The first-order valence-corrected chi connectivity index (χ1v) is 4.31. The van der Waals surface area contributed by atoms with Gasteiger partial charge >= 0.3 is 0 Å². The molecular formula is C10H16O. The molecule has 0 amide bonds. The summed E-state index contributed by atoms with van der Waals surface area (Å²) in [5, 5.41) is 9.12. The van der Waals surface area contributed by atoms with Gasteiger partial charge in [-0.05, 0) is 18.8 Å². The van der Waals surface area contributed by atoms with E-state index in [0.29, 0.717) is 5.92 Å². The second kappa shape index (κ2) is 3.28. The van der Waals surface area contributed by atoms with Crippen LogP contribution in [0.25, 0.3) is 0 Å². The molecule has 0 saturated heterocycles. The van der Waals surface area contributed by atoms with Crippen LogP contribution in [0.5, 0.6) is 0 Å². The summed E-state index contributed by atoms with van der Waals surface area (Å²) in [4.78, 5) is 0. The maximum atomic E-state index is 9.12. The summed E-state index contributed by atoms with van der Waals surface area (Å²) in [6.07, 6.45) is 9.85. The third-order valence-corrected chi connectivity index (χ3v) is 2.70. The summed E-state index contributed by atoms with van der Waals surface area (Å²) >= 11 is 0. The highest BCUT2D eigenvalue weighted by atomic mass is 16.3. The summed E-state index contributed by atoms with van der Waals surface area (Å²) in [6, 6.07) is 0. The quantitative estimate of drug-likeness (QED) is 0.568. The van der Waals surface area contributed by atoms with E-state index in [2.05, 4.69) is 12.8 Å². The molecule has 1 fully saturated rings. The standard InChI is InChI=1S/C10H16O/c1-3-10(8-11)6-4-5-9(2)7-10/h1,9,11H,4-8H2,2H3/t9-,10-/m1/s1. The van der Waals surface area contributed by atoms with Crippen molar-refractivity contribution in [3.8, 4) is 12.3 Å². The molecule has 1 rings (SSSR count). The fraction of sp³-hybridized carbons (Fsp3) is 0.800. The number of rotatable bonds is 1. The van der Waals surface area contributed by atoms with Crippen molar-refractivity contribution in [2.45, 2.75) is 32.6 Å². The Morgan fingerprint density at radius 2 is 2.45 bits per heavy atom. The minimum atomic E-state index is -0.183. The Morgan fingerprint density at radius 1 is 1.73 bits per heavy atom. The zero-order chi connectivity index (χ0) is 8.32. The maximum absolute atomic E-state index is 9.12. The van der Waals surface area contributed by atoms with E-state index >= 15 is 0 Å². The molecule has 1 heteroatoms. The van der Waals surface area contributed by atoms with Gasteiger partial charge < -0.3 is 5.11 Å². The van der Waals surface area contributed by atoms with E-state index in [4.69, 9.17) is 11.5 Å². The normalized spacial score (nSPS) is 38.1. The van der Waals surface area contributed by atoms with Crippen molar-refractivity contribution < 1.29 is 5.11 Å². The van der Waals surface area contributed by atoms with Crippen LogP contribution in [-0.2, 0) is 0 Å². The molecule has 1 aliphatic carbocycles. The number of terminal acetylenes is 1. The molecular weight excluding hydrogens is 136 g/mol. The van der Waals surface area contributed by atoms with Gasteiger partial charge in [0.2, 0.25) is 0 Å². The molecule has 2 atom stereocenters. The Balaban J connectivity index is 2.62. The summed E-state index contributed by atoms with van der Waals surface area (Å²) in [7, 11) is 0. The molecule has 1 nitrogen and oxygen atoms in total. The SMILES string of the molecule is C#C[C@@]1(CO)CCC[C@@H](C)C1. The number of hydrogen-bond acceptors (Lipinski definition) is 1. The fourth-order valence-corrected chi connectivity index (χ4v) is 1.98. The Hall–Kier alpha value is -0.480. The Bertz CT molecular complexity index is 168. The smallest absolute Gasteiger partial charge is 0.0597 e. The van der Waals surface area contributed by atoms with Crippen LogP contribution in [0.1, 0.15) is 32.6 Å². The lowest BCUT2D eigenvalue weighted by Crippen LogP contribution is -2.29. The number of aliphatic hydroxyl groups is 1. The second-order valence-corrected chi connectivity index (χ2v) is 3.78. The lowest BCUT2D eigenvalue weighted by Gasteiger charge is -2.34. The average Bonchev–Trinajstić information content (AvgIpc) is 2.04. The number of hydrogen-bond donors (Lipinski definition) is 1. The van der Waals surface area contributed by atoms with Crippen LogP contribution in [0.3, 0.4) is 0 Å². The van der Waals surface area contributed by atoms with Crippen LogP contribution in [0.2, 0.25) is 0 Å². The van der Waals surface area contributed by atoms with Gasteiger partial charge in [-0.2, -0.15) is 0 Å². The van der Waals surface area contributed by atoms with Crippen LogP contribution in [0, 0.1) is 23.7 Å². The van der Waals surface area contributed by atoms with Crippen LogP contribution < -0.4 is 0 Å². The van der Waals surface area contributed by atoms with Gasteiger partial charge in [-0.15, -0.1) is 6.42 Å². The van der Waals surface area contributed by atoms with Gasteiger partial charge in [0.15, 0.2) is 0 Å². The lowest BCUT2D eigenvalue weighted by molar-refractivity contribution is 0.112. The molecule has 1 N–H and O–H groups in total. The zero-order valence-corrected chi connectivity index (χ0v) is 7.14. The molecule has 0 heterocycles. The van der Waals surface area contributed by atoms with Crippen molar-refractivity contribution in [3.63, 3.8) is 0 Å². The van der Waals surface area contributed by atoms with Crippen molar-refractivity contribution in [1.82, 2.24) is 0 Å². The topological polar surface area (TPSA) is 20.2 Å². The first kappa shape index (κ1) is 8.62. The molecule has 1 aliphatic rings. The molecule has 0 aliphatic heterocycles. The summed E-state index contributed by atoms with van der Waals surface area (Å²) in [6.45, 7) is 2.37. The monoisotopic (exact) mass is 152 g/mol. The molecule has 0 spiro atoms. The molecule has 0 aromatic rings. The molecule has 62 valence electrons. The molecule has 0 unspecified atom stereocenters. The van der Waals surface area contributed by atoms with Crippen molar-refractivity contribution in [2.24, 2.45) is 11.3 Å². The van der Waals surface area contributed by atoms with E-state index in [9.17, 15) is 0 Å². The van der Waals surface area contributed by atoms with Crippen molar-refractivity contribution in [1.29, 1.82) is 0 Å². The predicted octanol–water partition coefficient (Wildman–Crippen LogP) is 1.81. The zero-order valence-electron chi connectivity index (χ0n) is 7.14. The molecule has 0 aromatic heterocycles. The van der Waals surface area contributed by atoms with E-state index < -0.39 is 0 Å². The van der Waals surface area contributed by atoms with Gasteiger partial charge in [0, 0.05) is 0 Å².